The van der Waals surface area contributed by atoms with Crippen molar-refractivity contribution in [2.75, 3.05) is 4.90 Å². The summed E-state index contributed by atoms with van der Waals surface area (Å²) in [6, 6.07) is 8.90. The average Bonchev–Trinajstić information content (AvgIpc) is 2.75. The fourth-order valence-electron chi connectivity index (χ4n) is 2.27. The summed E-state index contributed by atoms with van der Waals surface area (Å²) in [5.74, 6) is 1.34. The van der Waals surface area contributed by atoms with E-state index in [1.165, 1.54) is 4.90 Å². The molecule has 0 aliphatic carbocycles. The third kappa shape index (κ3) is 2.65. The zero-order valence-corrected chi connectivity index (χ0v) is 13.1. The molecule has 2 heterocycles. The average molecular weight is 313 g/mol. The van der Waals surface area contributed by atoms with Crippen LogP contribution in [0.1, 0.15) is 12.5 Å². The Kier molecular flexibility index (Phi) is 3.77. The number of carbonyl (C=O) groups excluding carboxylic acids is 1. The van der Waals surface area contributed by atoms with Crippen molar-refractivity contribution in [3.05, 3.63) is 48.3 Å². The van der Waals surface area contributed by atoms with Crippen LogP contribution in [0.15, 0.2) is 42.7 Å². The van der Waals surface area contributed by atoms with Gasteiger partial charge in [-0.15, -0.1) is 0 Å². The lowest BCUT2D eigenvalue weighted by Crippen LogP contribution is -2.30. The highest BCUT2D eigenvalue weighted by atomic mass is 32.1. The molecule has 1 aliphatic heterocycles. The number of carbonyl (C=O) groups is 1. The molecule has 1 amide bonds. The second-order valence-corrected chi connectivity index (χ2v) is 5.47. The molecule has 0 radical (unpaired) electrons. The topological polar surface area (TPSA) is 54.5 Å². The number of rotatable bonds is 3. The van der Waals surface area contributed by atoms with Gasteiger partial charge in [0, 0.05) is 6.20 Å². The van der Waals surface area contributed by atoms with Gasteiger partial charge in [-0.3, -0.25) is 14.7 Å². The molecule has 2 aromatic rings. The summed E-state index contributed by atoms with van der Waals surface area (Å²) in [4.78, 5) is 17.7. The van der Waals surface area contributed by atoms with Crippen molar-refractivity contribution >= 4 is 28.9 Å². The Morgan fingerprint density at radius 1 is 1.36 bits per heavy atom. The molecule has 3 rings (SSSR count). The van der Waals surface area contributed by atoms with Crippen LogP contribution in [-0.4, -0.2) is 22.0 Å². The van der Waals surface area contributed by atoms with E-state index in [1.54, 1.807) is 19.3 Å². The van der Waals surface area contributed by atoms with Crippen LogP contribution in [0.5, 0.6) is 11.5 Å². The summed E-state index contributed by atoms with van der Waals surface area (Å²) in [6.45, 7) is 3.72. The first-order chi connectivity index (χ1) is 10.6. The van der Waals surface area contributed by atoms with E-state index in [2.05, 4.69) is 10.3 Å². The number of aromatic nitrogens is 1. The standard InChI is InChI=1S/C16H15N3O2S/c1-10-8-12(19-15(20)11(2)18-16(19)22)5-6-14(10)21-13-4-3-7-17-9-13/h3-9,11H,1-2H3,(H,18,22). The van der Waals surface area contributed by atoms with Gasteiger partial charge >= 0.3 is 0 Å². The molecule has 22 heavy (non-hydrogen) atoms. The Hall–Kier alpha value is -2.47. The Morgan fingerprint density at radius 3 is 2.77 bits per heavy atom. The van der Waals surface area contributed by atoms with Crippen LogP contribution in [0.2, 0.25) is 0 Å². The SMILES string of the molecule is Cc1cc(N2C(=O)C(C)NC2=S)ccc1Oc1cccnc1. The molecule has 1 atom stereocenters. The number of aryl methyl sites for hydroxylation is 1. The number of pyridine rings is 1. The van der Waals surface area contributed by atoms with Crippen molar-refractivity contribution in [2.24, 2.45) is 0 Å². The maximum absolute atomic E-state index is 12.1. The summed E-state index contributed by atoms with van der Waals surface area (Å²) in [7, 11) is 0. The lowest BCUT2D eigenvalue weighted by atomic mass is 10.2. The molecule has 1 fully saturated rings. The van der Waals surface area contributed by atoms with Gasteiger partial charge in [-0.05, 0) is 62.0 Å². The van der Waals surface area contributed by atoms with E-state index in [-0.39, 0.29) is 11.9 Å². The maximum Gasteiger partial charge on any atom is 0.255 e. The van der Waals surface area contributed by atoms with E-state index in [4.69, 9.17) is 17.0 Å². The van der Waals surface area contributed by atoms with Crippen LogP contribution in [0.3, 0.4) is 0 Å². The molecule has 5 nitrogen and oxygen atoms in total. The summed E-state index contributed by atoms with van der Waals surface area (Å²) in [5.41, 5.74) is 1.65. The second-order valence-electron chi connectivity index (χ2n) is 5.09. The highest BCUT2D eigenvalue weighted by Crippen LogP contribution is 2.29. The highest BCUT2D eigenvalue weighted by Gasteiger charge is 2.33. The molecule has 0 saturated carbocycles. The molecule has 1 N–H and O–H groups in total. The predicted octanol–water partition coefficient (Wildman–Crippen LogP) is 2.79. The molecule has 1 unspecified atom stereocenters. The fourth-order valence-corrected chi connectivity index (χ4v) is 2.64. The molecule has 1 saturated heterocycles. The number of benzene rings is 1. The van der Waals surface area contributed by atoms with Crippen LogP contribution in [0, 0.1) is 6.92 Å². The number of amides is 1. The molecule has 6 heteroatoms. The number of hydrogen-bond donors (Lipinski definition) is 1. The van der Waals surface area contributed by atoms with Gasteiger partial charge in [-0.1, -0.05) is 0 Å². The lowest BCUT2D eigenvalue weighted by molar-refractivity contribution is -0.117. The fraction of sp³-hybridized carbons (Fsp3) is 0.188. The first kappa shape index (κ1) is 14.5. The number of nitrogens with one attached hydrogen (secondary N) is 1. The largest absolute Gasteiger partial charge is 0.455 e. The molecular weight excluding hydrogens is 298 g/mol. The van der Waals surface area contributed by atoms with Gasteiger partial charge in [0.15, 0.2) is 5.11 Å². The van der Waals surface area contributed by atoms with Gasteiger partial charge in [-0.2, -0.15) is 0 Å². The highest BCUT2D eigenvalue weighted by molar-refractivity contribution is 7.80. The van der Waals surface area contributed by atoms with Gasteiger partial charge in [0.2, 0.25) is 0 Å². The predicted molar refractivity (Wildman–Crippen MR) is 88.2 cm³/mol. The van der Waals surface area contributed by atoms with Crippen molar-refractivity contribution < 1.29 is 9.53 Å². The van der Waals surface area contributed by atoms with E-state index in [9.17, 15) is 4.79 Å². The Bertz CT molecular complexity index is 733. The summed E-state index contributed by atoms with van der Waals surface area (Å²) in [6.07, 6.45) is 3.34. The quantitative estimate of drug-likeness (QED) is 0.883. The minimum Gasteiger partial charge on any atom is -0.455 e. The van der Waals surface area contributed by atoms with E-state index in [0.717, 1.165) is 17.0 Å². The van der Waals surface area contributed by atoms with E-state index < -0.39 is 0 Å². The third-order valence-corrected chi connectivity index (χ3v) is 3.71. The maximum atomic E-state index is 12.1. The monoisotopic (exact) mass is 313 g/mol. The smallest absolute Gasteiger partial charge is 0.255 e. The van der Waals surface area contributed by atoms with Crippen molar-refractivity contribution in [3.8, 4) is 11.5 Å². The Balaban J connectivity index is 1.87. The van der Waals surface area contributed by atoms with E-state index in [0.29, 0.717) is 10.9 Å². The first-order valence-corrected chi connectivity index (χ1v) is 7.30. The van der Waals surface area contributed by atoms with Crippen LogP contribution in [0.4, 0.5) is 5.69 Å². The number of ether oxygens (including phenoxy) is 1. The number of hydrogen-bond acceptors (Lipinski definition) is 4. The molecule has 1 aliphatic rings. The van der Waals surface area contributed by atoms with Crippen LogP contribution in [-0.2, 0) is 4.79 Å². The van der Waals surface area contributed by atoms with Crippen LogP contribution in [0.25, 0.3) is 0 Å². The lowest BCUT2D eigenvalue weighted by Gasteiger charge is -2.17. The summed E-state index contributed by atoms with van der Waals surface area (Å²) >= 11 is 5.21. The zero-order chi connectivity index (χ0) is 15.7. The Morgan fingerprint density at radius 2 is 2.18 bits per heavy atom. The molecule has 0 bridgehead atoms. The van der Waals surface area contributed by atoms with Crippen molar-refractivity contribution in [3.63, 3.8) is 0 Å². The van der Waals surface area contributed by atoms with Crippen LogP contribution >= 0.6 is 12.2 Å². The summed E-state index contributed by atoms with van der Waals surface area (Å²) < 4.78 is 5.79. The van der Waals surface area contributed by atoms with E-state index in [1.807, 2.05) is 37.3 Å². The number of nitrogens with zero attached hydrogens (tertiary/aromatic N) is 2. The van der Waals surface area contributed by atoms with Gasteiger partial charge in [0.25, 0.3) is 5.91 Å². The van der Waals surface area contributed by atoms with Crippen molar-refractivity contribution in [1.82, 2.24) is 10.3 Å². The molecular formula is C16H15N3O2S. The molecule has 0 spiro atoms. The van der Waals surface area contributed by atoms with Gasteiger partial charge < -0.3 is 10.1 Å². The van der Waals surface area contributed by atoms with E-state index >= 15 is 0 Å². The van der Waals surface area contributed by atoms with Gasteiger partial charge in [-0.25, -0.2) is 0 Å². The van der Waals surface area contributed by atoms with Crippen molar-refractivity contribution in [2.45, 2.75) is 19.9 Å². The minimum absolute atomic E-state index is 0.0506. The Labute approximate surface area is 133 Å². The summed E-state index contributed by atoms with van der Waals surface area (Å²) in [5, 5.41) is 3.39. The normalized spacial score (nSPS) is 17.5. The number of anilines is 1. The minimum atomic E-state index is -0.292. The second kappa shape index (κ2) is 5.73. The van der Waals surface area contributed by atoms with Crippen molar-refractivity contribution in [1.29, 1.82) is 0 Å². The van der Waals surface area contributed by atoms with Crippen LogP contribution < -0.4 is 15.0 Å². The third-order valence-electron chi connectivity index (χ3n) is 3.41. The zero-order valence-electron chi connectivity index (χ0n) is 12.2. The first-order valence-electron chi connectivity index (χ1n) is 6.89. The number of thiocarbonyl (C=S) groups is 1. The molecule has 1 aromatic carbocycles. The molecule has 1 aromatic heterocycles. The molecule has 112 valence electrons. The van der Waals surface area contributed by atoms with Gasteiger partial charge in [0.05, 0.1) is 11.9 Å². The van der Waals surface area contributed by atoms with Gasteiger partial charge in [0.1, 0.15) is 17.5 Å².